The van der Waals surface area contributed by atoms with Crippen molar-refractivity contribution in [3.05, 3.63) is 90.0 Å². The molecule has 0 unspecified atom stereocenters. The number of aliphatic hydroxyl groups is 1. The molecule has 1 aliphatic heterocycles. The number of anilines is 2. The van der Waals surface area contributed by atoms with Crippen molar-refractivity contribution in [1.29, 1.82) is 0 Å². The SMILES string of the molecule is C=C(F)C(=O)Cc1ccc2c(-c3ccccc3CNc3nc(NC[C@H]4CCN(C)C[C@@H]4O)nc4c(C(C)C)cnn34)nccc2c1. The van der Waals surface area contributed by atoms with Crippen molar-refractivity contribution in [1.82, 2.24) is 29.5 Å². The third-order valence-electron chi connectivity index (χ3n) is 8.67. The highest BCUT2D eigenvalue weighted by molar-refractivity contribution is 5.98. The molecule has 10 nitrogen and oxygen atoms in total. The van der Waals surface area contributed by atoms with E-state index in [1.54, 1.807) is 10.7 Å². The van der Waals surface area contributed by atoms with Gasteiger partial charge in [-0.2, -0.15) is 19.6 Å². The van der Waals surface area contributed by atoms with Gasteiger partial charge in [0.1, 0.15) is 0 Å². The number of ketones is 1. The number of likely N-dealkylation sites (tertiary alicyclic amines) is 1. The zero-order valence-corrected chi connectivity index (χ0v) is 26.4. The number of benzene rings is 2. The van der Waals surface area contributed by atoms with Crippen LogP contribution in [0.15, 0.2) is 73.3 Å². The molecule has 1 fully saturated rings. The van der Waals surface area contributed by atoms with Gasteiger partial charge in [0.05, 0.1) is 18.0 Å². The van der Waals surface area contributed by atoms with E-state index in [4.69, 9.17) is 15.0 Å². The fourth-order valence-corrected chi connectivity index (χ4v) is 6.01. The number of piperidine rings is 1. The molecule has 0 bridgehead atoms. The molecule has 0 spiro atoms. The third kappa shape index (κ3) is 6.61. The molecule has 0 radical (unpaired) electrons. The fourth-order valence-electron chi connectivity index (χ4n) is 6.01. The summed E-state index contributed by atoms with van der Waals surface area (Å²) in [4.78, 5) is 28.4. The maximum absolute atomic E-state index is 13.3. The van der Waals surface area contributed by atoms with Crippen LogP contribution < -0.4 is 10.6 Å². The van der Waals surface area contributed by atoms with Gasteiger partial charge in [-0.05, 0) is 48.5 Å². The van der Waals surface area contributed by atoms with Crippen LogP contribution in [0.4, 0.5) is 16.3 Å². The predicted molar refractivity (Wildman–Crippen MR) is 178 cm³/mol. The monoisotopic (exact) mass is 622 g/mol. The first kappa shape index (κ1) is 31.3. The van der Waals surface area contributed by atoms with Crippen molar-refractivity contribution < 1.29 is 14.3 Å². The Morgan fingerprint density at radius 1 is 1.15 bits per heavy atom. The lowest BCUT2D eigenvalue weighted by atomic mass is 9.94. The molecule has 2 atom stereocenters. The van der Waals surface area contributed by atoms with Crippen LogP contribution in [-0.2, 0) is 17.8 Å². The first-order chi connectivity index (χ1) is 22.2. The van der Waals surface area contributed by atoms with Gasteiger partial charge in [-0.1, -0.05) is 62.9 Å². The summed E-state index contributed by atoms with van der Waals surface area (Å²) in [5.41, 5.74) is 5.22. The normalized spacial score (nSPS) is 17.1. The number of aromatic nitrogens is 5. The molecule has 46 heavy (non-hydrogen) atoms. The van der Waals surface area contributed by atoms with E-state index in [2.05, 4.69) is 41.1 Å². The Balaban J connectivity index is 1.28. The van der Waals surface area contributed by atoms with E-state index in [9.17, 15) is 14.3 Å². The second-order valence-electron chi connectivity index (χ2n) is 12.4. The molecule has 5 aromatic rings. The highest BCUT2D eigenvalue weighted by Gasteiger charge is 2.26. The van der Waals surface area contributed by atoms with Crippen molar-refractivity contribution >= 4 is 34.1 Å². The van der Waals surface area contributed by atoms with Crippen molar-refractivity contribution in [3.63, 3.8) is 0 Å². The van der Waals surface area contributed by atoms with E-state index in [0.717, 1.165) is 51.8 Å². The molecule has 11 heteroatoms. The number of halogens is 1. The summed E-state index contributed by atoms with van der Waals surface area (Å²) in [6.45, 7) is 9.95. The van der Waals surface area contributed by atoms with E-state index in [-0.39, 0.29) is 18.3 Å². The lowest BCUT2D eigenvalue weighted by Gasteiger charge is -2.33. The van der Waals surface area contributed by atoms with Gasteiger partial charge in [-0.15, -0.1) is 0 Å². The molecule has 6 rings (SSSR count). The molecule has 0 aliphatic carbocycles. The van der Waals surface area contributed by atoms with Crippen LogP contribution in [0.3, 0.4) is 0 Å². The van der Waals surface area contributed by atoms with Crippen LogP contribution in [0.1, 0.15) is 42.9 Å². The molecule has 2 aromatic carbocycles. The summed E-state index contributed by atoms with van der Waals surface area (Å²) < 4.78 is 15.1. The standard InChI is InChI=1S/C35H39FN8O2/c1-21(2)29-19-40-44-33(29)41-34(38-18-26-12-14-43(4)20-31(26)46)42-35(44)39-17-25-7-5-6-8-27(25)32-28-10-9-23(16-30(45)22(3)36)15-24(28)11-13-37-32/h5-11,13,15,19,21,26,31,46H,3,12,14,16-18,20H2,1-2,4H3,(H2,38,39,41,42)/t26-,31+/m1/s1. The number of carbonyl (C=O) groups is 1. The average Bonchev–Trinajstić information content (AvgIpc) is 3.47. The summed E-state index contributed by atoms with van der Waals surface area (Å²) >= 11 is 0. The van der Waals surface area contributed by atoms with E-state index in [0.29, 0.717) is 37.1 Å². The van der Waals surface area contributed by atoms with Crippen LogP contribution in [0.25, 0.3) is 27.7 Å². The zero-order chi connectivity index (χ0) is 32.4. The lowest BCUT2D eigenvalue weighted by molar-refractivity contribution is -0.116. The Morgan fingerprint density at radius 3 is 2.76 bits per heavy atom. The van der Waals surface area contributed by atoms with Gasteiger partial charge in [-0.3, -0.25) is 9.78 Å². The number of likely N-dealkylation sites (N-methyl/N-ethyl adjacent to an activating group) is 1. The highest BCUT2D eigenvalue weighted by atomic mass is 19.1. The Hall–Kier alpha value is -4.74. The largest absolute Gasteiger partial charge is 0.391 e. The van der Waals surface area contributed by atoms with Gasteiger partial charge in [0.25, 0.3) is 0 Å². The number of rotatable bonds is 11. The number of carbonyl (C=O) groups excluding carboxylic acids is 1. The number of allylic oxidation sites excluding steroid dienone is 1. The maximum atomic E-state index is 13.3. The van der Waals surface area contributed by atoms with Gasteiger partial charge in [0.2, 0.25) is 11.9 Å². The predicted octanol–water partition coefficient (Wildman–Crippen LogP) is 5.39. The van der Waals surface area contributed by atoms with E-state index >= 15 is 0 Å². The zero-order valence-electron chi connectivity index (χ0n) is 26.4. The molecular formula is C35H39FN8O2. The van der Waals surface area contributed by atoms with Crippen LogP contribution in [-0.4, -0.2) is 73.1 Å². The van der Waals surface area contributed by atoms with E-state index in [1.165, 1.54) is 0 Å². The number of fused-ring (bicyclic) bond motifs is 2. The molecule has 0 saturated carbocycles. The molecule has 238 valence electrons. The number of aliphatic hydroxyl groups excluding tert-OH is 1. The minimum absolute atomic E-state index is 0.0434. The van der Waals surface area contributed by atoms with Gasteiger partial charge < -0.3 is 20.6 Å². The molecular weight excluding hydrogens is 583 g/mol. The summed E-state index contributed by atoms with van der Waals surface area (Å²) in [7, 11) is 2.03. The lowest BCUT2D eigenvalue weighted by Crippen LogP contribution is -2.44. The fraction of sp³-hybridized carbons (Fsp3) is 0.343. The molecule has 1 aliphatic rings. The molecule has 4 heterocycles. The van der Waals surface area contributed by atoms with E-state index < -0.39 is 17.7 Å². The van der Waals surface area contributed by atoms with Crippen LogP contribution in [0, 0.1) is 5.92 Å². The Labute approximate surface area is 267 Å². The summed E-state index contributed by atoms with van der Waals surface area (Å²) in [5, 5.41) is 23.9. The Morgan fingerprint density at radius 2 is 1.98 bits per heavy atom. The number of hydrogen-bond acceptors (Lipinski definition) is 9. The van der Waals surface area contributed by atoms with Crippen LogP contribution >= 0.6 is 0 Å². The van der Waals surface area contributed by atoms with Crippen molar-refractivity contribution in [2.24, 2.45) is 5.92 Å². The van der Waals surface area contributed by atoms with Gasteiger partial charge in [0.15, 0.2) is 17.3 Å². The first-order valence-electron chi connectivity index (χ1n) is 15.6. The number of nitrogens with zero attached hydrogens (tertiary/aromatic N) is 6. The number of hydrogen-bond donors (Lipinski definition) is 3. The van der Waals surface area contributed by atoms with Crippen LogP contribution in [0.2, 0.25) is 0 Å². The number of pyridine rings is 1. The van der Waals surface area contributed by atoms with E-state index in [1.807, 2.05) is 61.8 Å². The van der Waals surface area contributed by atoms with Crippen molar-refractivity contribution in [3.8, 4) is 11.3 Å². The smallest absolute Gasteiger partial charge is 0.229 e. The quantitative estimate of drug-likeness (QED) is 0.167. The number of nitrogens with one attached hydrogen (secondary N) is 2. The maximum Gasteiger partial charge on any atom is 0.229 e. The van der Waals surface area contributed by atoms with Crippen molar-refractivity contribution in [2.45, 2.75) is 45.3 Å². The Bertz CT molecular complexity index is 1910. The number of Topliss-reactive ketones (excluding diaryl/α,β-unsaturated/α-hetero) is 1. The van der Waals surface area contributed by atoms with Gasteiger partial charge in [0, 0.05) is 54.7 Å². The minimum atomic E-state index is -0.938. The van der Waals surface area contributed by atoms with Crippen molar-refractivity contribution in [2.75, 3.05) is 37.3 Å². The summed E-state index contributed by atoms with van der Waals surface area (Å²) in [6, 6.07) is 15.6. The van der Waals surface area contributed by atoms with Gasteiger partial charge in [-0.25, -0.2) is 4.39 Å². The second-order valence-corrected chi connectivity index (χ2v) is 12.4. The first-order valence-corrected chi connectivity index (χ1v) is 15.6. The minimum Gasteiger partial charge on any atom is -0.391 e. The van der Waals surface area contributed by atoms with Gasteiger partial charge >= 0.3 is 0 Å². The summed E-state index contributed by atoms with van der Waals surface area (Å²) in [6.07, 6.45) is 4.03. The molecule has 0 amide bonds. The number of β-amino-alcohol motifs (C(OH)–C–C–N with tert-alkyl or cyclic N) is 1. The highest BCUT2D eigenvalue weighted by Crippen LogP contribution is 2.31. The average molecular weight is 623 g/mol. The second kappa shape index (κ2) is 13.3. The Kier molecular flexibility index (Phi) is 9.05. The molecule has 1 saturated heterocycles. The third-order valence-corrected chi connectivity index (χ3v) is 8.67. The molecule has 3 aromatic heterocycles. The topological polar surface area (TPSA) is 121 Å². The van der Waals surface area contributed by atoms with Crippen LogP contribution in [0.5, 0.6) is 0 Å². The molecule has 3 N–H and O–H groups in total. The summed E-state index contributed by atoms with van der Waals surface area (Å²) in [5.74, 6) is -0.198.